The van der Waals surface area contributed by atoms with Gasteiger partial charge in [-0.1, -0.05) is 18.2 Å². The summed E-state index contributed by atoms with van der Waals surface area (Å²) < 4.78 is 11.1. The van der Waals surface area contributed by atoms with E-state index in [2.05, 4.69) is 4.98 Å². The lowest BCUT2D eigenvalue weighted by Gasteiger charge is -2.09. The van der Waals surface area contributed by atoms with E-state index in [1.165, 1.54) is 0 Å². The third-order valence-corrected chi connectivity index (χ3v) is 2.31. The molecule has 0 bridgehead atoms. The van der Waals surface area contributed by atoms with E-state index < -0.39 is 0 Å². The SMILES string of the molecule is Cc1ncccc1OCCOc1ccccc1. The van der Waals surface area contributed by atoms with Crippen LogP contribution in [0.3, 0.4) is 0 Å². The van der Waals surface area contributed by atoms with Crippen LogP contribution < -0.4 is 9.47 Å². The number of hydrogen-bond acceptors (Lipinski definition) is 3. The molecule has 1 aromatic carbocycles. The van der Waals surface area contributed by atoms with Crippen molar-refractivity contribution in [3.63, 3.8) is 0 Å². The third kappa shape index (κ3) is 3.48. The first-order chi connectivity index (χ1) is 8.36. The van der Waals surface area contributed by atoms with Gasteiger partial charge in [0.1, 0.15) is 24.7 Å². The Morgan fingerprint density at radius 2 is 1.71 bits per heavy atom. The third-order valence-electron chi connectivity index (χ3n) is 2.31. The first kappa shape index (κ1) is 11.5. The molecule has 2 rings (SSSR count). The van der Waals surface area contributed by atoms with Gasteiger partial charge in [-0.3, -0.25) is 4.98 Å². The maximum absolute atomic E-state index is 5.57. The number of ether oxygens (including phenoxy) is 2. The minimum Gasteiger partial charge on any atom is -0.490 e. The molecule has 0 amide bonds. The maximum atomic E-state index is 5.57. The van der Waals surface area contributed by atoms with E-state index in [1.54, 1.807) is 6.20 Å². The van der Waals surface area contributed by atoms with E-state index in [1.807, 2.05) is 49.4 Å². The van der Waals surface area contributed by atoms with Crippen LogP contribution in [0.15, 0.2) is 48.7 Å². The molecule has 17 heavy (non-hydrogen) atoms. The zero-order chi connectivity index (χ0) is 11.9. The molecule has 0 saturated carbocycles. The molecule has 0 aliphatic carbocycles. The van der Waals surface area contributed by atoms with Crippen LogP contribution in [-0.2, 0) is 0 Å². The van der Waals surface area contributed by atoms with Crippen LogP contribution in [0.5, 0.6) is 11.5 Å². The first-order valence-electron chi connectivity index (χ1n) is 5.58. The molecule has 1 heterocycles. The molecular formula is C14H15NO2. The zero-order valence-corrected chi connectivity index (χ0v) is 9.80. The van der Waals surface area contributed by atoms with Crippen molar-refractivity contribution >= 4 is 0 Å². The summed E-state index contributed by atoms with van der Waals surface area (Å²) in [5.74, 6) is 1.67. The summed E-state index contributed by atoms with van der Waals surface area (Å²) in [5, 5.41) is 0. The van der Waals surface area contributed by atoms with Gasteiger partial charge in [-0.2, -0.15) is 0 Å². The number of aromatic nitrogens is 1. The molecule has 0 N–H and O–H groups in total. The molecule has 0 saturated heterocycles. The molecule has 0 aliphatic heterocycles. The Bertz CT molecular complexity index is 457. The van der Waals surface area contributed by atoms with E-state index in [-0.39, 0.29) is 0 Å². The number of pyridine rings is 1. The van der Waals surface area contributed by atoms with Crippen molar-refractivity contribution in [2.45, 2.75) is 6.92 Å². The molecule has 0 spiro atoms. The normalized spacial score (nSPS) is 9.94. The smallest absolute Gasteiger partial charge is 0.140 e. The van der Waals surface area contributed by atoms with Crippen LogP contribution in [0.25, 0.3) is 0 Å². The molecule has 2 aromatic rings. The van der Waals surface area contributed by atoms with Gasteiger partial charge in [0.15, 0.2) is 0 Å². The van der Waals surface area contributed by atoms with Gasteiger partial charge >= 0.3 is 0 Å². The fraction of sp³-hybridized carbons (Fsp3) is 0.214. The van der Waals surface area contributed by atoms with Crippen LogP contribution in [-0.4, -0.2) is 18.2 Å². The Balaban J connectivity index is 1.76. The molecule has 0 radical (unpaired) electrons. The topological polar surface area (TPSA) is 31.4 Å². The summed E-state index contributed by atoms with van der Waals surface area (Å²) in [6.07, 6.45) is 1.75. The predicted octanol–water partition coefficient (Wildman–Crippen LogP) is 2.85. The van der Waals surface area contributed by atoms with Gasteiger partial charge in [-0.05, 0) is 31.2 Å². The monoisotopic (exact) mass is 229 g/mol. The Hall–Kier alpha value is -2.03. The predicted molar refractivity (Wildman–Crippen MR) is 66.4 cm³/mol. The highest BCUT2D eigenvalue weighted by molar-refractivity contribution is 5.25. The molecule has 0 fully saturated rings. The maximum Gasteiger partial charge on any atom is 0.140 e. The molecule has 1 aromatic heterocycles. The fourth-order valence-corrected chi connectivity index (χ4v) is 1.45. The van der Waals surface area contributed by atoms with Crippen molar-refractivity contribution in [1.82, 2.24) is 4.98 Å². The van der Waals surface area contributed by atoms with Gasteiger partial charge in [-0.15, -0.1) is 0 Å². The Morgan fingerprint density at radius 3 is 2.47 bits per heavy atom. The largest absolute Gasteiger partial charge is 0.490 e. The van der Waals surface area contributed by atoms with Gasteiger partial charge in [0.05, 0.1) is 5.69 Å². The van der Waals surface area contributed by atoms with Crippen LogP contribution in [0.1, 0.15) is 5.69 Å². The zero-order valence-electron chi connectivity index (χ0n) is 9.80. The van der Waals surface area contributed by atoms with Crippen LogP contribution in [0.2, 0.25) is 0 Å². The Morgan fingerprint density at radius 1 is 0.941 bits per heavy atom. The van der Waals surface area contributed by atoms with E-state index in [0.29, 0.717) is 13.2 Å². The summed E-state index contributed by atoms with van der Waals surface area (Å²) in [7, 11) is 0. The molecule has 0 unspecified atom stereocenters. The second-order valence-corrected chi connectivity index (χ2v) is 3.60. The summed E-state index contributed by atoms with van der Waals surface area (Å²) in [4.78, 5) is 4.15. The van der Waals surface area contributed by atoms with Crippen molar-refractivity contribution in [2.75, 3.05) is 13.2 Å². The lowest BCUT2D eigenvalue weighted by Crippen LogP contribution is -2.09. The van der Waals surface area contributed by atoms with Crippen molar-refractivity contribution < 1.29 is 9.47 Å². The quantitative estimate of drug-likeness (QED) is 0.739. The van der Waals surface area contributed by atoms with Gasteiger partial charge in [0.25, 0.3) is 0 Å². The van der Waals surface area contributed by atoms with Crippen LogP contribution in [0.4, 0.5) is 0 Å². The second kappa shape index (κ2) is 5.89. The first-order valence-corrected chi connectivity index (χ1v) is 5.58. The van der Waals surface area contributed by atoms with Gasteiger partial charge in [0.2, 0.25) is 0 Å². The van der Waals surface area contributed by atoms with E-state index in [0.717, 1.165) is 17.2 Å². The summed E-state index contributed by atoms with van der Waals surface area (Å²) in [6, 6.07) is 13.5. The number of benzene rings is 1. The highest BCUT2D eigenvalue weighted by atomic mass is 16.5. The number of hydrogen-bond donors (Lipinski definition) is 0. The average molecular weight is 229 g/mol. The lowest BCUT2D eigenvalue weighted by molar-refractivity contribution is 0.215. The van der Waals surface area contributed by atoms with E-state index in [9.17, 15) is 0 Å². The molecular weight excluding hydrogens is 214 g/mol. The highest BCUT2D eigenvalue weighted by Crippen LogP contribution is 2.13. The second-order valence-electron chi connectivity index (χ2n) is 3.60. The summed E-state index contributed by atoms with van der Waals surface area (Å²) in [5.41, 5.74) is 0.896. The molecule has 0 atom stereocenters. The minimum absolute atomic E-state index is 0.515. The molecule has 88 valence electrons. The molecule has 3 heteroatoms. The van der Waals surface area contributed by atoms with Crippen LogP contribution in [0, 0.1) is 6.92 Å². The van der Waals surface area contributed by atoms with Crippen molar-refractivity contribution in [2.24, 2.45) is 0 Å². The average Bonchev–Trinajstić information content (AvgIpc) is 2.38. The van der Waals surface area contributed by atoms with Crippen molar-refractivity contribution in [1.29, 1.82) is 0 Å². The van der Waals surface area contributed by atoms with Crippen molar-refractivity contribution in [3.8, 4) is 11.5 Å². The number of aryl methyl sites for hydroxylation is 1. The Labute approximate surface area is 101 Å². The highest BCUT2D eigenvalue weighted by Gasteiger charge is 1.98. The summed E-state index contributed by atoms with van der Waals surface area (Å²) in [6.45, 7) is 2.97. The summed E-state index contributed by atoms with van der Waals surface area (Å²) >= 11 is 0. The van der Waals surface area contributed by atoms with Gasteiger partial charge < -0.3 is 9.47 Å². The van der Waals surface area contributed by atoms with E-state index >= 15 is 0 Å². The lowest BCUT2D eigenvalue weighted by atomic mass is 10.3. The minimum atomic E-state index is 0.515. The molecule has 3 nitrogen and oxygen atoms in total. The Kier molecular flexibility index (Phi) is 3.97. The van der Waals surface area contributed by atoms with E-state index in [4.69, 9.17) is 9.47 Å². The van der Waals surface area contributed by atoms with Gasteiger partial charge in [-0.25, -0.2) is 0 Å². The number of rotatable bonds is 5. The fourth-order valence-electron chi connectivity index (χ4n) is 1.45. The number of para-hydroxylation sites is 1. The number of nitrogens with zero attached hydrogens (tertiary/aromatic N) is 1. The molecule has 0 aliphatic rings. The van der Waals surface area contributed by atoms with Gasteiger partial charge in [0, 0.05) is 6.20 Å². The van der Waals surface area contributed by atoms with Crippen molar-refractivity contribution in [3.05, 3.63) is 54.4 Å². The van der Waals surface area contributed by atoms with Crippen LogP contribution >= 0.6 is 0 Å². The standard InChI is InChI=1S/C14H15NO2/c1-12-14(8-5-9-15-12)17-11-10-16-13-6-3-2-4-7-13/h2-9H,10-11H2,1H3.